The van der Waals surface area contributed by atoms with Gasteiger partial charge in [0.1, 0.15) is 0 Å². The molecule has 0 radical (unpaired) electrons. The van der Waals surface area contributed by atoms with Crippen LogP contribution in [0.4, 0.5) is 5.69 Å². The third-order valence-electron chi connectivity index (χ3n) is 8.10. The molecule has 0 amide bonds. The second kappa shape index (κ2) is 17.9. The molecule has 1 aliphatic heterocycles. The fourth-order valence-corrected chi connectivity index (χ4v) is 5.73. The van der Waals surface area contributed by atoms with Gasteiger partial charge in [-0.05, 0) is 60.5 Å². The van der Waals surface area contributed by atoms with Crippen molar-refractivity contribution >= 4 is 42.9 Å². The van der Waals surface area contributed by atoms with Gasteiger partial charge in [-0.2, -0.15) is 0 Å². The van der Waals surface area contributed by atoms with E-state index in [9.17, 15) is 0 Å². The zero-order chi connectivity index (χ0) is 31.2. The fraction of sp³-hybridized carbons (Fsp3) is 0.353. The number of rotatable bonds is 12. The molecule has 1 aliphatic rings. The second-order valence-corrected chi connectivity index (χ2v) is 10.6. The third kappa shape index (κ3) is 8.56. The van der Waals surface area contributed by atoms with Gasteiger partial charge in [0.25, 0.3) is 0 Å². The number of benzene rings is 2. The summed E-state index contributed by atoms with van der Waals surface area (Å²) < 4.78 is 33.2. The highest BCUT2D eigenvalue weighted by Crippen LogP contribution is 2.42. The average Bonchev–Trinajstić information content (AvgIpc) is 3.54. The molecule has 47 heavy (non-hydrogen) atoms. The molecule has 5 rings (SSSR count). The molecule has 3 heterocycles. The lowest BCUT2D eigenvalue weighted by Gasteiger charge is -2.27. The molecule has 0 bridgehead atoms. The van der Waals surface area contributed by atoms with Crippen LogP contribution in [0.2, 0.25) is 0 Å². The number of likely N-dealkylation sites (N-methyl/N-ethyl adjacent to an activating group) is 1. The fourth-order valence-electron chi connectivity index (χ4n) is 5.73. The quantitative estimate of drug-likeness (QED) is 0.156. The number of pyridine rings is 2. The molecule has 256 valence electrons. The summed E-state index contributed by atoms with van der Waals surface area (Å²) in [7, 11) is 11.8. The van der Waals surface area contributed by atoms with Gasteiger partial charge in [-0.3, -0.25) is 14.9 Å². The first-order valence-corrected chi connectivity index (χ1v) is 14.4. The van der Waals surface area contributed by atoms with E-state index in [1.807, 2.05) is 36.7 Å². The molecule has 2 aromatic carbocycles. The maximum atomic E-state index is 5.55. The van der Waals surface area contributed by atoms with Gasteiger partial charge in [-0.15, -0.1) is 37.2 Å². The monoisotopic (exact) mass is 708 g/mol. The summed E-state index contributed by atoms with van der Waals surface area (Å²) in [6, 6.07) is 16.4. The number of halogens is 3. The molecular formula is C34H43Cl3N4O6. The maximum Gasteiger partial charge on any atom is 0.203 e. The van der Waals surface area contributed by atoms with Gasteiger partial charge in [0.2, 0.25) is 11.5 Å². The van der Waals surface area contributed by atoms with Crippen LogP contribution in [0.1, 0.15) is 12.0 Å². The third-order valence-corrected chi connectivity index (χ3v) is 8.10. The Balaban J connectivity index is 0.00000256. The minimum atomic E-state index is 0. The first-order valence-electron chi connectivity index (χ1n) is 14.4. The van der Waals surface area contributed by atoms with E-state index in [4.69, 9.17) is 28.4 Å². The Morgan fingerprint density at radius 1 is 0.660 bits per heavy atom. The lowest BCUT2D eigenvalue weighted by atomic mass is 10.1. The van der Waals surface area contributed by atoms with Crippen LogP contribution in [0.25, 0.3) is 22.5 Å². The van der Waals surface area contributed by atoms with Crippen molar-refractivity contribution < 1.29 is 28.4 Å². The van der Waals surface area contributed by atoms with Gasteiger partial charge in [-0.1, -0.05) is 0 Å². The van der Waals surface area contributed by atoms with E-state index in [0.29, 0.717) is 40.5 Å². The molecule has 0 aliphatic carbocycles. The summed E-state index contributed by atoms with van der Waals surface area (Å²) in [6.45, 7) is 2.78. The van der Waals surface area contributed by atoms with Crippen LogP contribution in [0.5, 0.6) is 34.5 Å². The number of ether oxygens (including phenoxy) is 6. The molecule has 0 spiro atoms. The first kappa shape index (κ1) is 39.3. The molecule has 2 aromatic heterocycles. The average molecular weight is 710 g/mol. The van der Waals surface area contributed by atoms with E-state index in [2.05, 4.69) is 51.1 Å². The number of methoxy groups -OCH3 is 6. The maximum absolute atomic E-state index is 5.55. The predicted octanol–water partition coefficient (Wildman–Crippen LogP) is 6.84. The molecule has 10 nitrogen and oxygen atoms in total. The molecule has 13 heteroatoms. The van der Waals surface area contributed by atoms with Crippen LogP contribution in [0.15, 0.2) is 60.9 Å². The van der Waals surface area contributed by atoms with Crippen molar-refractivity contribution in [3.8, 4) is 57.0 Å². The zero-order valence-corrected chi connectivity index (χ0v) is 30.1. The van der Waals surface area contributed by atoms with Crippen LogP contribution in [0, 0.1) is 0 Å². The summed E-state index contributed by atoms with van der Waals surface area (Å²) in [5.41, 5.74) is 5.78. The molecule has 1 atom stereocenters. The Bertz CT molecular complexity index is 1560. The summed E-state index contributed by atoms with van der Waals surface area (Å²) >= 11 is 0. The van der Waals surface area contributed by atoms with E-state index in [0.717, 1.165) is 54.3 Å². The predicted molar refractivity (Wildman–Crippen MR) is 192 cm³/mol. The van der Waals surface area contributed by atoms with E-state index in [-0.39, 0.29) is 37.2 Å². The van der Waals surface area contributed by atoms with Crippen molar-refractivity contribution in [1.82, 2.24) is 14.9 Å². The molecule has 0 N–H and O–H groups in total. The van der Waals surface area contributed by atoms with Crippen molar-refractivity contribution in [2.75, 3.05) is 67.7 Å². The zero-order valence-electron chi connectivity index (χ0n) is 27.6. The number of aromatic nitrogens is 2. The van der Waals surface area contributed by atoms with E-state index in [1.165, 1.54) is 5.56 Å². The Labute approximate surface area is 295 Å². The van der Waals surface area contributed by atoms with Crippen LogP contribution >= 0.6 is 37.2 Å². The van der Waals surface area contributed by atoms with Crippen LogP contribution in [-0.2, 0) is 6.54 Å². The highest BCUT2D eigenvalue weighted by Gasteiger charge is 2.27. The van der Waals surface area contributed by atoms with Crippen molar-refractivity contribution in [1.29, 1.82) is 0 Å². The van der Waals surface area contributed by atoms with Crippen molar-refractivity contribution in [2.24, 2.45) is 0 Å². The van der Waals surface area contributed by atoms with Gasteiger partial charge < -0.3 is 33.3 Å². The van der Waals surface area contributed by atoms with Gasteiger partial charge in [0.15, 0.2) is 23.0 Å². The SMILES string of the molecule is COc1cc(-c2cc(CN3CC[C@H](N(C)c4ccnc(-c5cc(OC)c(OC)c(OC)c5)c4)C3)ccn2)cc(OC)c1OC.Cl.Cl.Cl. The minimum absolute atomic E-state index is 0. The molecule has 1 saturated heterocycles. The lowest BCUT2D eigenvalue weighted by Crippen LogP contribution is -2.34. The number of hydrogen-bond donors (Lipinski definition) is 0. The van der Waals surface area contributed by atoms with Gasteiger partial charge in [0.05, 0.1) is 54.0 Å². The number of likely N-dealkylation sites (tertiary alicyclic amines) is 1. The van der Waals surface area contributed by atoms with E-state index >= 15 is 0 Å². The minimum Gasteiger partial charge on any atom is -0.493 e. The molecular weight excluding hydrogens is 667 g/mol. The molecule has 0 unspecified atom stereocenters. The Hall–Kier alpha value is -3.83. The number of anilines is 1. The van der Waals surface area contributed by atoms with Crippen LogP contribution in [0.3, 0.4) is 0 Å². The molecule has 4 aromatic rings. The van der Waals surface area contributed by atoms with Crippen LogP contribution < -0.4 is 33.3 Å². The number of nitrogens with zero attached hydrogens (tertiary/aromatic N) is 4. The lowest BCUT2D eigenvalue weighted by molar-refractivity contribution is 0.324. The largest absolute Gasteiger partial charge is 0.493 e. The molecule has 1 fully saturated rings. The van der Waals surface area contributed by atoms with Gasteiger partial charge in [-0.25, -0.2) is 0 Å². The van der Waals surface area contributed by atoms with Crippen molar-refractivity contribution in [3.63, 3.8) is 0 Å². The second-order valence-electron chi connectivity index (χ2n) is 10.6. The molecule has 0 saturated carbocycles. The highest BCUT2D eigenvalue weighted by molar-refractivity contribution is 5.86. The standard InChI is InChI=1S/C34H40N4O6.3ClH/c1-37(25-9-12-36-28(19-25)24-17-31(41-4)34(44-7)32(18-24)42-5)26-10-13-38(21-26)20-22-8-11-35-27(14-22)23-15-29(39-2)33(43-6)30(16-23)40-3;;;/h8-9,11-12,14-19,26H,10,13,20-21H2,1-7H3;3*1H/t26-;;;/m0.../s1. The first-order chi connectivity index (χ1) is 21.4. The van der Waals surface area contributed by atoms with E-state index < -0.39 is 0 Å². The van der Waals surface area contributed by atoms with Crippen molar-refractivity contribution in [3.05, 3.63) is 66.5 Å². The summed E-state index contributed by atoms with van der Waals surface area (Å²) in [4.78, 5) is 14.1. The van der Waals surface area contributed by atoms with Gasteiger partial charge in [0, 0.05) is 61.9 Å². The summed E-state index contributed by atoms with van der Waals surface area (Å²) in [5.74, 6) is 3.51. The summed E-state index contributed by atoms with van der Waals surface area (Å²) in [5, 5.41) is 0. The van der Waals surface area contributed by atoms with Crippen LogP contribution in [-0.4, -0.2) is 83.7 Å². The Morgan fingerprint density at radius 2 is 1.13 bits per heavy atom. The highest BCUT2D eigenvalue weighted by atomic mass is 35.5. The Morgan fingerprint density at radius 3 is 1.60 bits per heavy atom. The summed E-state index contributed by atoms with van der Waals surface area (Å²) in [6.07, 6.45) is 4.76. The number of hydrogen-bond acceptors (Lipinski definition) is 10. The Kier molecular flexibility index (Phi) is 15.0. The topological polar surface area (TPSA) is 87.6 Å². The van der Waals surface area contributed by atoms with Crippen molar-refractivity contribution in [2.45, 2.75) is 19.0 Å². The smallest absolute Gasteiger partial charge is 0.203 e. The van der Waals surface area contributed by atoms with E-state index in [1.54, 1.807) is 42.7 Å². The van der Waals surface area contributed by atoms with Gasteiger partial charge >= 0.3 is 0 Å². The normalized spacial score (nSPS) is 13.7.